The van der Waals surface area contributed by atoms with Gasteiger partial charge in [0, 0.05) is 19.4 Å². The quantitative estimate of drug-likeness (QED) is 0.698. The van der Waals surface area contributed by atoms with Crippen molar-refractivity contribution < 1.29 is 9.59 Å². The topological polar surface area (TPSA) is 99.6 Å². The lowest BCUT2D eigenvalue weighted by molar-refractivity contribution is -0.115. The number of aliphatic imine (C=N–C) groups is 1. The van der Waals surface area contributed by atoms with Crippen molar-refractivity contribution in [3.05, 3.63) is 72.1 Å². The lowest BCUT2D eigenvalue weighted by atomic mass is 10.1. The molecular formula is C22H20N6O2. The van der Waals surface area contributed by atoms with Crippen molar-refractivity contribution >= 4 is 40.7 Å². The molecule has 1 aliphatic heterocycles. The molecule has 8 nitrogen and oxygen atoms in total. The van der Waals surface area contributed by atoms with E-state index in [4.69, 9.17) is 4.99 Å². The normalized spacial score (nSPS) is 13.8. The number of carbonyl (C=O) groups excluding carboxylic acids is 2. The van der Waals surface area contributed by atoms with Gasteiger partial charge in [0.25, 0.3) is 0 Å². The Kier molecular flexibility index (Phi) is 5.21. The number of rotatable bonds is 4. The van der Waals surface area contributed by atoms with E-state index in [0.29, 0.717) is 23.9 Å². The van der Waals surface area contributed by atoms with E-state index < -0.39 is 0 Å². The minimum Gasteiger partial charge on any atom is -0.320 e. The molecule has 0 aliphatic carbocycles. The highest BCUT2D eigenvalue weighted by Gasteiger charge is 2.26. The SMILES string of the molecule is CC(=O)Nc1ccc(N=C2c3ccccc3CN2c2ccc(NC(C)=O)nc2)cn1. The second-order valence-electron chi connectivity index (χ2n) is 6.84. The number of amidine groups is 1. The van der Waals surface area contributed by atoms with Crippen molar-refractivity contribution in [1.82, 2.24) is 9.97 Å². The van der Waals surface area contributed by atoms with Gasteiger partial charge in [-0.25, -0.2) is 15.0 Å². The Balaban J connectivity index is 1.68. The average molecular weight is 400 g/mol. The highest BCUT2D eigenvalue weighted by Crippen LogP contribution is 2.30. The Labute approximate surface area is 173 Å². The van der Waals surface area contributed by atoms with Gasteiger partial charge >= 0.3 is 0 Å². The molecule has 0 bridgehead atoms. The number of pyridine rings is 2. The predicted molar refractivity (Wildman–Crippen MR) is 116 cm³/mol. The van der Waals surface area contributed by atoms with Gasteiger partial charge < -0.3 is 15.5 Å². The molecule has 2 amide bonds. The van der Waals surface area contributed by atoms with E-state index in [2.05, 4.69) is 31.6 Å². The molecule has 1 aliphatic rings. The summed E-state index contributed by atoms with van der Waals surface area (Å²) in [7, 11) is 0. The Bertz CT molecular complexity index is 1120. The van der Waals surface area contributed by atoms with Crippen molar-refractivity contribution in [3.8, 4) is 0 Å². The van der Waals surface area contributed by atoms with Crippen molar-refractivity contribution in [1.29, 1.82) is 0 Å². The first-order valence-corrected chi connectivity index (χ1v) is 9.41. The number of aromatic nitrogens is 2. The number of fused-ring (bicyclic) bond motifs is 1. The van der Waals surface area contributed by atoms with Crippen molar-refractivity contribution in [3.63, 3.8) is 0 Å². The zero-order valence-corrected chi connectivity index (χ0v) is 16.6. The second-order valence-corrected chi connectivity index (χ2v) is 6.84. The smallest absolute Gasteiger partial charge is 0.222 e. The van der Waals surface area contributed by atoms with Crippen LogP contribution in [0.1, 0.15) is 25.0 Å². The summed E-state index contributed by atoms with van der Waals surface area (Å²) >= 11 is 0. The summed E-state index contributed by atoms with van der Waals surface area (Å²) in [5.74, 6) is 1.43. The molecule has 0 spiro atoms. The van der Waals surface area contributed by atoms with Crippen LogP contribution in [0.4, 0.5) is 23.0 Å². The van der Waals surface area contributed by atoms with Gasteiger partial charge in [0.2, 0.25) is 11.8 Å². The van der Waals surface area contributed by atoms with E-state index in [1.807, 2.05) is 30.3 Å². The fourth-order valence-corrected chi connectivity index (χ4v) is 3.23. The van der Waals surface area contributed by atoms with Crippen LogP contribution in [0.15, 0.2) is 65.9 Å². The van der Waals surface area contributed by atoms with Crippen LogP contribution in [-0.4, -0.2) is 27.6 Å². The fraction of sp³-hybridized carbons (Fsp3) is 0.136. The molecule has 2 N–H and O–H groups in total. The molecule has 3 aromatic rings. The minimum atomic E-state index is -0.173. The highest BCUT2D eigenvalue weighted by atomic mass is 16.2. The van der Waals surface area contributed by atoms with E-state index in [0.717, 1.165) is 22.6 Å². The van der Waals surface area contributed by atoms with E-state index in [1.54, 1.807) is 24.5 Å². The van der Waals surface area contributed by atoms with Crippen LogP contribution < -0.4 is 15.5 Å². The predicted octanol–water partition coefficient (Wildman–Crippen LogP) is 3.49. The third kappa shape index (κ3) is 4.17. The van der Waals surface area contributed by atoms with Gasteiger partial charge in [-0.2, -0.15) is 0 Å². The fourth-order valence-electron chi connectivity index (χ4n) is 3.23. The number of benzene rings is 1. The maximum atomic E-state index is 11.2. The molecular weight excluding hydrogens is 380 g/mol. The molecule has 2 aromatic heterocycles. The molecule has 1 aromatic carbocycles. The second kappa shape index (κ2) is 8.12. The number of nitrogens with zero attached hydrogens (tertiary/aromatic N) is 4. The van der Waals surface area contributed by atoms with Crippen LogP contribution in [0.5, 0.6) is 0 Å². The van der Waals surface area contributed by atoms with Gasteiger partial charge in [0.05, 0.1) is 30.3 Å². The van der Waals surface area contributed by atoms with Gasteiger partial charge in [0.1, 0.15) is 17.5 Å². The molecule has 0 radical (unpaired) electrons. The Hall–Kier alpha value is -4.07. The van der Waals surface area contributed by atoms with Gasteiger partial charge in [-0.05, 0) is 29.8 Å². The lowest BCUT2D eigenvalue weighted by Crippen LogP contribution is -2.24. The van der Waals surface area contributed by atoms with Crippen LogP contribution in [0, 0.1) is 0 Å². The van der Waals surface area contributed by atoms with Gasteiger partial charge in [0.15, 0.2) is 0 Å². The number of hydrogen-bond acceptors (Lipinski definition) is 5. The number of hydrogen-bond donors (Lipinski definition) is 2. The third-order valence-corrected chi connectivity index (χ3v) is 4.49. The van der Waals surface area contributed by atoms with Gasteiger partial charge in [-0.1, -0.05) is 24.3 Å². The first kappa shape index (κ1) is 19.3. The minimum absolute atomic E-state index is 0.165. The Morgan fingerprint density at radius 1 is 0.900 bits per heavy atom. The monoisotopic (exact) mass is 400 g/mol. The lowest BCUT2D eigenvalue weighted by Gasteiger charge is -2.19. The summed E-state index contributed by atoms with van der Waals surface area (Å²) in [6, 6.07) is 15.3. The van der Waals surface area contributed by atoms with Crippen LogP contribution in [0.3, 0.4) is 0 Å². The van der Waals surface area contributed by atoms with Crippen LogP contribution in [0.25, 0.3) is 0 Å². The highest BCUT2D eigenvalue weighted by molar-refractivity contribution is 6.14. The summed E-state index contributed by atoms with van der Waals surface area (Å²) < 4.78 is 0. The largest absolute Gasteiger partial charge is 0.320 e. The standard InChI is InChI=1S/C22H20N6O2/c1-14(29)25-20-9-7-17(11-23-20)27-22-19-6-4-3-5-16(19)13-28(22)18-8-10-21(24-12-18)26-15(2)30/h3-12H,13H2,1-2H3,(H,23,25,29)(H,24,26,30). The van der Waals surface area contributed by atoms with Crippen LogP contribution >= 0.6 is 0 Å². The number of nitrogens with one attached hydrogen (secondary N) is 2. The molecule has 150 valence electrons. The number of amides is 2. The Morgan fingerprint density at radius 2 is 1.57 bits per heavy atom. The van der Waals surface area contributed by atoms with E-state index >= 15 is 0 Å². The Morgan fingerprint density at radius 3 is 2.17 bits per heavy atom. The van der Waals surface area contributed by atoms with E-state index in [9.17, 15) is 9.59 Å². The number of anilines is 3. The maximum Gasteiger partial charge on any atom is 0.222 e. The summed E-state index contributed by atoms with van der Waals surface area (Å²) in [4.78, 5) is 37.9. The van der Waals surface area contributed by atoms with E-state index in [-0.39, 0.29) is 11.8 Å². The van der Waals surface area contributed by atoms with Crippen molar-refractivity contribution in [2.24, 2.45) is 4.99 Å². The van der Waals surface area contributed by atoms with Gasteiger partial charge in [-0.3, -0.25) is 9.59 Å². The summed E-state index contributed by atoms with van der Waals surface area (Å²) in [6.07, 6.45) is 3.33. The molecule has 0 unspecified atom stereocenters. The first-order valence-electron chi connectivity index (χ1n) is 9.41. The molecule has 0 fully saturated rings. The van der Waals surface area contributed by atoms with Crippen molar-refractivity contribution in [2.75, 3.05) is 15.5 Å². The van der Waals surface area contributed by atoms with Crippen LogP contribution in [0.2, 0.25) is 0 Å². The van der Waals surface area contributed by atoms with Crippen molar-refractivity contribution in [2.45, 2.75) is 20.4 Å². The van der Waals surface area contributed by atoms with Gasteiger partial charge in [-0.15, -0.1) is 0 Å². The van der Waals surface area contributed by atoms with Crippen LogP contribution in [-0.2, 0) is 16.1 Å². The first-order chi connectivity index (χ1) is 14.5. The molecule has 8 heteroatoms. The summed E-state index contributed by atoms with van der Waals surface area (Å²) in [6.45, 7) is 3.55. The average Bonchev–Trinajstić information content (AvgIpc) is 3.08. The molecule has 0 atom stereocenters. The molecule has 4 rings (SSSR count). The molecule has 0 saturated carbocycles. The summed E-state index contributed by atoms with van der Waals surface area (Å²) in [5, 5.41) is 5.32. The zero-order chi connectivity index (χ0) is 21.1. The third-order valence-electron chi connectivity index (χ3n) is 4.49. The molecule has 0 saturated heterocycles. The summed E-state index contributed by atoms with van der Waals surface area (Å²) in [5.41, 5.74) is 3.73. The molecule has 3 heterocycles. The molecule has 30 heavy (non-hydrogen) atoms. The maximum absolute atomic E-state index is 11.2. The zero-order valence-electron chi connectivity index (χ0n) is 16.6. The number of carbonyl (C=O) groups is 2. The van der Waals surface area contributed by atoms with E-state index in [1.165, 1.54) is 13.8 Å².